The van der Waals surface area contributed by atoms with E-state index in [0.29, 0.717) is 31.1 Å². The minimum absolute atomic E-state index is 0.0105. The maximum absolute atomic E-state index is 12.8. The maximum atomic E-state index is 12.8. The molecule has 9 rings (SSSR count). The van der Waals surface area contributed by atoms with Crippen LogP contribution in [-0.2, 0) is 28.6 Å². The van der Waals surface area contributed by atoms with Gasteiger partial charge in [-0.05, 0) is 188 Å². The summed E-state index contributed by atoms with van der Waals surface area (Å²) in [6, 6.07) is 0. The van der Waals surface area contributed by atoms with Crippen LogP contribution >= 0.6 is 0 Å². The molecule has 9 aliphatic carbocycles. The Labute approximate surface area is 358 Å². The summed E-state index contributed by atoms with van der Waals surface area (Å²) in [6.07, 6.45) is 18.4. The van der Waals surface area contributed by atoms with Crippen molar-refractivity contribution in [3.8, 4) is 0 Å². The molecule has 59 heavy (non-hydrogen) atoms. The van der Waals surface area contributed by atoms with Crippen molar-refractivity contribution in [2.45, 2.75) is 252 Å². The van der Waals surface area contributed by atoms with Crippen LogP contribution < -0.4 is 0 Å². The highest BCUT2D eigenvalue weighted by Crippen LogP contribution is 2.71. The Kier molecular flexibility index (Phi) is 13.5. The Balaban J connectivity index is 0.000000174. The minimum Gasteiger partial charge on any atom is -0.459 e. The molecule has 340 valence electrons. The Morgan fingerprint density at radius 2 is 1.14 bits per heavy atom. The van der Waals surface area contributed by atoms with Crippen molar-refractivity contribution in [2.24, 2.45) is 45.3 Å². The van der Waals surface area contributed by atoms with Crippen LogP contribution in [0.25, 0.3) is 0 Å². The average Bonchev–Trinajstić information content (AvgIpc) is 3.57. The highest BCUT2D eigenvalue weighted by molar-refractivity contribution is 5.77. The number of esters is 3. The summed E-state index contributed by atoms with van der Waals surface area (Å²) in [5.74, 6) is 1.24. The second-order valence-corrected chi connectivity index (χ2v) is 24.0. The molecule has 5 unspecified atom stereocenters. The van der Waals surface area contributed by atoms with Gasteiger partial charge in [-0.2, -0.15) is 0 Å². The molecule has 3 N–H and O–H groups in total. The molecule has 0 heterocycles. The fourth-order valence-corrected chi connectivity index (χ4v) is 13.2. The van der Waals surface area contributed by atoms with Gasteiger partial charge in [0.2, 0.25) is 0 Å². The summed E-state index contributed by atoms with van der Waals surface area (Å²) in [5.41, 5.74) is -4.33. The minimum atomic E-state index is -0.829. The molecular formula is C50H86O9. The second-order valence-electron chi connectivity index (χ2n) is 24.0. The Hall–Kier alpha value is -1.71. The van der Waals surface area contributed by atoms with Crippen LogP contribution in [0.2, 0.25) is 0 Å². The summed E-state index contributed by atoms with van der Waals surface area (Å²) in [5, 5.41) is 32.2. The normalized spacial score (nSPS) is 37.1. The van der Waals surface area contributed by atoms with E-state index in [0.717, 1.165) is 89.9 Å². The van der Waals surface area contributed by atoms with Gasteiger partial charge in [-0.3, -0.25) is 14.4 Å². The zero-order valence-corrected chi connectivity index (χ0v) is 39.7. The van der Waals surface area contributed by atoms with Crippen LogP contribution in [0.5, 0.6) is 0 Å². The predicted octanol–water partition coefficient (Wildman–Crippen LogP) is 10.6. The van der Waals surface area contributed by atoms with Gasteiger partial charge in [0.25, 0.3) is 0 Å². The summed E-state index contributed by atoms with van der Waals surface area (Å²) < 4.78 is 17.8. The van der Waals surface area contributed by atoms with Crippen LogP contribution in [0.1, 0.15) is 218 Å². The third-order valence-corrected chi connectivity index (χ3v) is 17.6. The molecule has 9 aliphatic rings. The molecule has 9 fully saturated rings. The third-order valence-electron chi connectivity index (χ3n) is 17.6. The lowest BCUT2D eigenvalue weighted by Crippen LogP contribution is -2.67. The Morgan fingerprint density at radius 3 is 1.58 bits per heavy atom. The average molecular weight is 831 g/mol. The lowest BCUT2D eigenvalue weighted by Gasteiger charge is -2.68. The van der Waals surface area contributed by atoms with Crippen molar-refractivity contribution in [2.75, 3.05) is 0 Å². The van der Waals surface area contributed by atoms with Gasteiger partial charge in [-0.15, -0.1) is 0 Å². The monoisotopic (exact) mass is 831 g/mol. The molecule has 0 aromatic carbocycles. The van der Waals surface area contributed by atoms with Crippen molar-refractivity contribution < 1.29 is 43.9 Å². The van der Waals surface area contributed by atoms with E-state index in [1.165, 1.54) is 19.3 Å². The van der Waals surface area contributed by atoms with Gasteiger partial charge in [-0.1, -0.05) is 34.6 Å². The standard InChI is InChI=1S/C22H38O3.C15H24O4.C13H24O2/c1-8-18(2,3)17(23)25-20(6,7)22-12-15-9-16(13-22)11-21(10-15,14-22)19(4,5)24;1-3-10(2)12(16)19-15-6-11-4-13(17,8-15)7-14(18,5-11)9-15;1-5-12(3,4)11(14)15-13(6-2)9-7-8-10-13/h15-16,24H,8-14H2,1-7H3;10-11,17-18H,3-9H2,1-2H3;5-10H2,1-4H3. The van der Waals surface area contributed by atoms with Crippen molar-refractivity contribution in [3.05, 3.63) is 0 Å². The lowest BCUT2D eigenvalue weighted by molar-refractivity contribution is -0.262. The number of rotatable bonds is 12. The first kappa shape index (κ1) is 48.3. The van der Waals surface area contributed by atoms with Crippen LogP contribution in [0, 0.1) is 45.3 Å². The topological polar surface area (TPSA) is 140 Å². The summed E-state index contributed by atoms with van der Waals surface area (Å²) in [6.45, 7) is 26.2. The molecule has 0 aromatic heterocycles. The lowest BCUT2D eigenvalue weighted by atomic mass is 9.38. The van der Waals surface area contributed by atoms with Gasteiger partial charge in [0.15, 0.2) is 0 Å². The first-order valence-electron chi connectivity index (χ1n) is 23.9. The fraction of sp³-hybridized carbons (Fsp3) is 0.940. The highest BCUT2D eigenvalue weighted by Gasteiger charge is 2.67. The Morgan fingerprint density at radius 1 is 0.644 bits per heavy atom. The molecule has 9 nitrogen and oxygen atoms in total. The molecule has 5 atom stereocenters. The molecule has 0 radical (unpaired) electrons. The van der Waals surface area contributed by atoms with E-state index >= 15 is 0 Å². The molecule has 9 saturated carbocycles. The number of carbonyl (C=O) groups excluding carboxylic acids is 3. The number of ether oxygens (including phenoxy) is 3. The fourth-order valence-electron chi connectivity index (χ4n) is 13.2. The molecule has 0 aliphatic heterocycles. The molecule has 9 heteroatoms. The molecule has 0 spiro atoms. The SMILES string of the molecule is CCC(C)(C)C(=O)OC(C)(C)C12CC3CC(CC(C(C)(C)O)(C3)C1)C2.CCC(C)C(=O)OC12CC3CC(O)(CC(O)(C3)C1)C2.CCC1(OC(=O)C(C)(C)CC)CCCC1. The van der Waals surface area contributed by atoms with E-state index in [9.17, 15) is 29.7 Å². The molecule has 0 saturated heterocycles. The quantitative estimate of drug-likeness (QED) is 0.130. The van der Waals surface area contributed by atoms with Crippen LogP contribution in [0.4, 0.5) is 0 Å². The van der Waals surface area contributed by atoms with Crippen molar-refractivity contribution in [3.63, 3.8) is 0 Å². The molecule has 8 bridgehead atoms. The zero-order valence-electron chi connectivity index (χ0n) is 39.7. The summed E-state index contributed by atoms with van der Waals surface area (Å²) >= 11 is 0. The van der Waals surface area contributed by atoms with Crippen LogP contribution in [-0.4, -0.2) is 66.8 Å². The van der Waals surface area contributed by atoms with Crippen molar-refractivity contribution in [1.82, 2.24) is 0 Å². The van der Waals surface area contributed by atoms with Gasteiger partial charge in [0.05, 0.1) is 33.6 Å². The number of carbonyl (C=O) groups is 3. The zero-order chi connectivity index (χ0) is 44.3. The van der Waals surface area contributed by atoms with Gasteiger partial charge in [0, 0.05) is 24.7 Å². The van der Waals surface area contributed by atoms with Gasteiger partial charge >= 0.3 is 17.9 Å². The summed E-state index contributed by atoms with van der Waals surface area (Å²) in [4.78, 5) is 36.9. The second kappa shape index (κ2) is 16.4. The number of aliphatic hydroxyl groups is 3. The highest BCUT2D eigenvalue weighted by atomic mass is 16.6. The Bertz CT molecular complexity index is 1500. The van der Waals surface area contributed by atoms with Crippen LogP contribution in [0.15, 0.2) is 0 Å². The summed E-state index contributed by atoms with van der Waals surface area (Å²) in [7, 11) is 0. The van der Waals surface area contributed by atoms with Gasteiger partial charge < -0.3 is 29.5 Å². The van der Waals surface area contributed by atoms with Gasteiger partial charge in [-0.25, -0.2) is 0 Å². The van der Waals surface area contributed by atoms with E-state index in [1.807, 2.05) is 69.2 Å². The largest absolute Gasteiger partial charge is 0.459 e. The maximum Gasteiger partial charge on any atom is 0.312 e. The first-order chi connectivity index (χ1) is 27.0. The van der Waals surface area contributed by atoms with Crippen molar-refractivity contribution in [1.29, 1.82) is 0 Å². The first-order valence-corrected chi connectivity index (χ1v) is 23.9. The van der Waals surface area contributed by atoms with E-state index in [-0.39, 0.29) is 51.6 Å². The van der Waals surface area contributed by atoms with E-state index in [2.05, 4.69) is 20.8 Å². The third kappa shape index (κ3) is 9.77. The van der Waals surface area contributed by atoms with Crippen molar-refractivity contribution >= 4 is 17.9 Å². The van der Waals surface area contributed by atoms with E-state index in [4.69, 9.17) is 14.2 Å². The smallest absolute Gasteiger partial charge is 0.312 e. The molecule has 0 aromatic rings. The molecule has 0 amide bonds. The predicted molar refractivity (Wildman–Crippen MR) is 231 cm³/mol. The number of hydrogen-bond donors (Lipinski definition) is 3. The van der Waals surface area contributed by atoms with E-state index in [1.54, 1.807) is 0 Å². The van der Waals surface area contributed by atoms with E-state index < -0.39 is 33.4 Å². The molecular weight excluding hydrogens is 745 g/mol. The van der Waals surface area contributed by atoms with Crippen LogP contribution in [0.3, 0.4) is 0 Å². The number of hydrogen-bond acceptors (Lipinski definition) is 9. The van der Waals surface area contributed by atoms with Gasteiger partial charge in [0.1, 0.15) is 16.8 Å².